The smallest absolute Gasteiger partial charge is 0.241 e. The molecule has 19 heavy (non-hydrogen) atoms. The Labute approximate surface area is 115 Å². The Morgan fingerprint density at radius 2 is 2.11 bits per heavy atom. The highest BCUT2D eigenvalue weighted by Gasteiger charge is 2.12. The van der Waals surface area contributed by atoms with Gasteiger partial charge in [0.25, 0.3) is 0 Å². The summed E-state index contributed by atoms with van der Waals surface area (Å²) in [6.07, 6.45) is 7.13. The first-order valence-corrected chi connectivity index (χ1v) is 7.03. The van der Waals surface area contributed by atoms with Gasteiger partial charge in [0.1, 0.15) is 0 Å². The van der Waals surface area contributed by atoms with Crippen molar-refractivity contribution in [3.63, 3.8) is 0 Å². The molecule has 0 saturated heterocycles. The Hall–Kier alpha value is -1.61. The van der Waals surface area contributed by atoms with E-state index in [1.54, 1.807) is 0 Å². The number of hydrogen-bond donors (Lipinski definition) is 2. The number of nitrogens with one attached hydrogen (secondary N) is 2. The lowest BCUT2D eigenvalue weighted by Gasteiger charge is -2.14. The van der Waals surface area contributed by atoms with Gasteiger partial charge < -0.3 is 10.6 Å². The summed E-state index contributed by atoms with van der Waals surface area (Å²) in [5.41, 5.74) is 2.38. The average Bonchev–Trinajstić information content (AvgIpc) is 2.93. The normalized spacial score (nSPS) is 15.9. The minimum Gasteiger partial charge on any atom is -0.325 e. The third-order valence-electron chi connectivity index (χ3n) is 3.47. The predicted octanol–water partition coefficient (Wildman–Crippen LogP) is 3.10. The van der Waals surface area contributed by atoms with Crippen molar-refractivity contribution in [1.29, 1.82) is 0 Å². The molecule has 1 aliphatic carbocycles. The maximum Gasteiger partial charge on any atom is 0.241 e. The second kappa shape index (κ2) is 7.10. The van der Waals surface area contributed by atoms with Gasteiger partial charge in [-0.2, -0.15) is 0 Å². The summed E-state index contributed by atoms with van der Waals surface area (Å²) in [6, 6.07) is 9.40. The van der Waals surface area contributed by atoms with E-state index in [1.165, 1.54) is 24.8 Å². The highest BCUT2D eigenvalue weighted by atomic mass is 16.2. The fraction of sp³-hybridized carbons (Fsp3) is 0.438. The van der Waals surface area contributed by atoms with Crippen LogP contribution in [0.2, 0.25) is 0 Å². The Kier molecular flexibility index (Phi) is 5.16. The Balaban J connectivity index is 1.70. The van der Waals surface area contributed by atoms with Gasteiger partial charge in [0, 0.05) is 5.69 Å². The quantitative estimate of drug-likeness (QED) is 0.770. The number of hydrogen-bond acceptors (Lipinski definition) is 2. The summed E-state index contributed by atoms with van der Waals surface area (Å²) in [4.78, 5) is 12.0. The summed E-state index contributed by atoms with van der Waals surface area (Å²) in [7, 11) is 0. The molecule has 0 radical (unpaired) electrons. The maximum atomic E-state index is 12.0. The van der Waals surface area contributed by atoms with Crippen molar-refractivity contribution in [1.82, 2.24) is 5.32 Å². The Morgan fingerprint density at radius 3 is 2.79 bits per heavy atom. The summed E-state index contributed by atoms with van der Waals surface area (Å²) < 4.78 is 0. The fourth-order valence-corrected chi connectivity index (χ4v) is 2.28. The van der Waals surface area contributed by atoms with Gasteiger partial charge in [-0.05, 0) is 51.3 Å². The van der Waals surface area contributed by atoms with E-state index in [2.05, 4.69) is 16.7 Å². The van der Waals surface area contributed by atoms with Crippen LogP contribution in [0, 0.1) is 0 Å². The van der Waals surface area contributed by atoms with Crippen LogP contribution < -0.4 is 10.6 Å². The van der Waals surface area contributed by atoms with Crippen LogP contribution in [0.25, 0.3) is 0 Å². The molecule has 0 aromatic heterocycles. The highest BCUT2D eigenvalue weighted by Crippen LogP contribution is 2.19. The zero-order valence-electron chi connectivity index (χ0n) is 11.5. The lowest BCUT2D eigenvalue weighted by Crippen LogP contribution is -2.38. The number of anilines is 1. The minimum atomic E-state index is -0.165. The zero-order valence-corrected chi connectivity index (χ0v) is 11.5. The van der Waals surface area contributed by atoms with Crippen molar-refractivity contribution in [2.45, 2.75) is 38.6 Å². The molecule has 3 nitrogen and oxygen atoms in total. The van der Waals surface area contributed by atoms with E-state index < -0.39 is 0 Å². The Morgan fingerprint density at radius 1 is 1.32 bits per heavy atom. The van der Waals surface area contributed by atoms with E-state index in [1.807, 2.05) is 37.3 Å². The van der Waals surface area contributed by atoms with E-state index in [4.69, 9.17) is 0 Å². The molecular weight excluding hydrogens is 236 g/mol. The van der Waals surface area contributed by atoms with E-state index in [-0.39, 0.29) is 11.9 Å². The van der Waals surface area contributed by atoms with Crippen LogP contribution in [0.1, 0.15) is 32.6 Å². The molecule has 1 aromatic carbocycles. The van der Waals surface area contributed by atoms with Crippen molar-refractivity contribution >= 4 is 11.6 Å². The highest BCUT2D eigenvalue weighted by molar-refractivity contribution is 5.94. The van der Waals surface area contributed by atoms with Gasteiger partial charge in [0.2, 0.25) is 5.91 Å². The summed E-state index contributed by atoms with van der Waals surface area (Å²) >= 11 is 0. The molecule has 0 saturated carbocycles. The molecule has 102 valence electrons. The number of amides is 1. The molecule has 0 heterocycles. The number of carbonyl (C=O) groups is 1. The molecule has 1 unspecified atom stereocenters. The van der Waals surface area contributed by atoms with Gasteiger partial charge in [-0.3, -0.25) is 4.79 Å². The molecule has 0 bridgehead atoms. The standard InChI is InChI=1S/C16H22N2O/c1-13(17-12-11-14-7-5-6-8-14)16(19)18-15-9-3-2-4-10-15/h2-4,7,9-10,13,17H,5-6,8,11-12H2,1H3,(H,18,19). The summed E-state index contributed by atoms with van der Waals surface area (Å²) in [5, 5.41) is 6.18. The van der Waals surface area contributed by atoms with E-state index >= 15 is 0 Å². The van der Waals surface area contributed by atoms with E-state index in [0.29, 0.717) is 0 Å². The first-order valence-electron chi connectivity index (χ1n) is 7.03. The van der Waals surface area contributed by atoms with Crippen molar-refractivity contribution in [2.75, 3.05) is 11.9 Å². The van der Waals surface area contributed by atoms with Gasteiger partial charge in [-0.25, -0.2) is 0 Å². The molecular formula is C16H22N2O. The monoisotopic (exact) mass is 258 g/mol. The molecule has 1 atom stereocenters. The van der Waals surface area contributed by atoms with Crippen molar-refractivity contribution in [3.8, 4) is 0 Å². The molecule has 1 aliphatic rings. The Bertz CT molecular complexity index is 439. The van der Waals surface area contributed by atoms with Crippen LogP contribution in [0.15, 0.2) is 42.0 Å². The minimum absolute atomic E-state index is 0.0200. The van der Waals surface area contributed by atoms with Crippen LogP contribution in [0.4, 0.5) is 5.69 Å². The number of para-hydroxylation sites is 1. The largest absolute Gasteiger partial charge is 0.325 e. The molecule has 2 N–H and O–H groups in total. The van der Waals surface area contributed by atoms with Gasteiger partial charge in [0.05, 0.1) is 6.04 Å². The van der Waals surface area contributed by atoms with Crippen LogP contribution in [0.3, 0.4) is 0 Å². The molecule has 3 heteroatoms. The van der Waals surface area contributed by atoms with E-state index in [0.717, 1.165) is 18.7 Å². The number of carbonyl (C=O) groups excluding carboxylic acids is 1. The lowest BCUT2D eigenvalue weighted by atomic mass is 10.1. The van der Waals surface area contributed by atoms with Gasteiger partial charge in [-0.1, -0.05) is 29.8 Å². The molecule has 2 rings (SSSR count). The number of benzene rings is 1. The second-order valence-electron chi connectivity index (χ2n) is 5.04. The second-order valence-corrected chi connectivity index (χ2v) is 5.04. The molecule has 1 amide bonds. The molecule has 0 spiro atoms. The van der Waals surface area contributed by atoms with Crippen LogP contribution in [-0.2, 0) is 4.79 Å². The zero-order chi connectivity index (χ0) is 13.5. The lowest BCUT2D eigenvalue weighted by molar-refractivity contribution is -0.117. The van der Waals surface area contributed by atoms with Crippen LogP contribution >= 0.6 is 0 Å². The molecule has 0 fully saturated rings. The summed E-state index contributed by atoms with van der Waals surface area (Å²) in [5.74, 6) is 0.0200. The average molecular weight is 258 g/mol. The third-order valence-corrected chi connectivity index (χ3v) is 3.47. The van der Waals surface area contributed by atoms with Crippen LogP contribution in [0.5, 0.6) is 0 Å². The van der Waals surface area contributed by atoms with Gasteiger partial charge in [-0.15, -0.1) is 0 Å². The van der Waals surface area contributed by atoms with Gasteiger partial charge in [0.15, 0.2) is 0 Å². The van der Waals surface area contributed by atoms with Crippen molar-refractivity contribution < 1.29 is 4.79 Å². The SMILES string of the molecule is CC(NCCC1=CCCC1)C(=O)Nc1ccccc1. The molecule has 0 aliphatic heterocycles. The summed E-state index contributed by atoms with van der Waals surface area (Å²) in [6.45, 7) is 2.77. The van der Waals surface area contributed by atoms with Gasteiger partial charge >= 0.3 is 0 Å². The maximum absolute atomic E-state index is 12.0. The topological polar surface area (TPSA) is 41.1 Å². The van der Waals surface area contributed by atoms with Crippen molar-refractivity contribution in [2.24, 2.45) is 0 Å². The third kappa shape index (κ3) is 4.52. The first kappa shape index (κ1) is 13.8. The fourth-order valence-electron chi connectivity index (χ4n) is 2.28. The van der Waals surface area contributed by atoms with Crippen molar-refractivity contribution in [3.05, 3.63) is 42.0 Å². The predicted molar refractivity (Wildman–Crippen MR) is 79.1 cm³/mol. The number of allylic oxidation sites excluding steroid dienone is 1. The number of rotatable bonds is 6. The van der Waals surface area contributed by atoms with E-state index in [9.17, 15) is 4.79 Å². The van der Waals surface area contributed by atoms with Crippen LogP contribution in [-0.4, -0.2) is 18.5 Å². The molecule has 1 aromatic rings. The first-order chi connectivity index (χ1) is 9.25.